The Kier molecular flexibility index (Phi) is 3.62. The number of rotatable bonds is 3. The zero-order valence-corrected chi connectivity index (χ0v) is 9.63. The van der Waals surface area contributed by atoms with Gasteiger partial charge in [0.2, 0.25) is 0 Å². The van der Waals surface area contributed by atoms with Crippen LogP contribution in [0.15, 0.2) is 53.7 Å². The standard InChI is InChI=1S/C13H10ClNO2/c14-11-4-6-12(7-5-11)17-13-3-1-2-10(8-13)9-15-16/h1-9,16H/b15-9+. The molecule has 2 aromatic rings. The topological polar surface area (TPSA) is 41.8 Å². The highest BCUT2D eigenvalue weighted by atomic mass is 35.5. The Labute approximate surface area is 104 Å². The summed E-state index contributed by atoms with van der Waals surface area (Å²) in [6.07, 6.45) is 1.34. The van der Waals surface area contributed by atoms with Crippen LogP contribution in [0, 0.1) is 0 Å². The third kappa shape index (κ3) is 3.23. The Morgan fingerprint density at radius 1 is 1.06 bits per heavy atom. The second kappa shape index (κ2) is 5.37. The molecule has 0 radical (unpaired) electrons. The Morgan fingerprint density at radius 3 is 2.53 bits per heavy atom. The SMILES string of the molecule is O/N=C/c1cccc(Oc2ccc(Cl)cc2)c1. The monoisotopic (exact) mass is 247 g/mol. The maximum atomic E-state index is 8.44. The molecular weight excluding hydrogens is 238 g/mol. The molecule has 4 heteroatoms. The molecule has 3 nitrogen and oxygen atoms in total. The van der Waals surface area contributed by atoms with Gasteiger partial charge in [-0.2, -0.15) is 0 Å². The summed E-state index contributed by atoms with van der Waals surface area (Å²) >= 11 is 5.78. The van der Waals surface area contributed by atoms with Crippen LogP contribution < -0.4 is 4.74 Å². The molecule has 0 unspecified atom stereocenters. The van der Waals surface area contributed by atoms with Crippen LogP contribution >= 0.6 is 11.6 Å². The van der Waals surface area contributed by atoms with Gasteiger partial charge in [-0.25, -0.2) is 0 Å². The van der Waals surface area contributed by atoms with Gasteiger partial charge >= 0.3 is 0 Å². The fourth-order valence-corrected chi connectivity index (χ4v) is 1.49. The molecule has 86 valence electrons. The van der Waals surface area contributed by atoms with E-state index >= 15 is 0 Å². The van der Waals surface area contributed by atoms with Gasteiger partial charge in [0.05, 0.1) is 6.21 Å². The van der Waals surface area contributed by atoms with E-state index in [0.29, 0.717) is 16.5 Å². The Morgan fingerprint density at radius 2 is 1.82 bits per heavy atom. The summed E-state index contributed by atoms with van der Waals surface area (Å²) in [5.74, 6) is 1.37. The van der Waals surface area contributed by atoms with Crippen molar-refractivity contribution < 1.29 is 9.94 Å². The van der Waals surface area contributed by atoms with Crippen LogP contribution in [0.4, 0.5) is 0 Å². The summed E-state index contributed by atoms with van der Waals surface area (Å²) < 4.78 is 5.62. The van der Waals surface area contributed by atoms with E-state index in [1.165, 1.54) is 6.21 Å². The zero-order chi connectivity index (χ0) is 12.1. The lowest BCUT2D eigenvalue weighted by Crippen LogP contribution is -1.86. The number of hydrogen-bond donors (Lipinski definition) is 1. The molecule has 0 spiro atoms. The molecule has 0 aliphatic heterocycles. The first-order valence-corrected chi connectivity index (χ1v) is 5.36. The largest absolute Gasteiger partial charge is 0.457 e. The van der Waals surface area contributed by atoms with E-state index in [2.05, 4.69) is 5.16 Å². The van der Waals surface area contributed by atoms with Crippen LogP contribution in [0.25, 0.3) is 0 Å². The molecule has 0 aliphatic rings. The van der Waals surface area contributed by atoms with Crippen molar-refractivity contribution in [2.75, 3.05) is 0 Å². The van der Waals surface area contributed by atoms with Crippen molar-refractivity contribution in [3.8, 4) is 11.5 Å². The van der Waals surface area contributed by atoms with Crippen LogP contribution in [0.1, 0.15) is 5.56 Å². The van der Waals surface area contributed by atoms with Crippen molar-refractivity contribution in [2.45, 2.75) is 0 Å². The van der Waals surface area contributed by atoms with Crippen molar-refractivity contribution in [1.82, 2.24) is 0 Å². The molecule has 0 aliphatic carbocycles. The minimum Gasteiger partial charge on any atom is -0.457 e. The van der Waals surface area contributed by atoms with E-state index in [1.54, 1.807) is 30.3 Å². The van der Waals surface area contributed by atoms with E-state index in [1.807, 2.05) is 18.2 Å². The van der Waals surface area contributed by atoms with Crippen molar-refractivity contribution in [1.29, 1.82) is 0 Å². The number of hydrogen-bond acceptors (Lipinski definition) is 3. The smallest absolute Gasteiger partial charge is 0.128 e. The number of nitrogens with zero attached hydrogens (tertiary/aromatic N) is 1. The molecule has 0 saturated carbocycles. The van der Waals surface area contributed by atoms with E-state index in [9.17, 15) is 0 Å². The minimum atomic E-state index is 0.665. The molecule has 2 rings (SSSR count). The predicted molar refractivity (Wildman–Crippen MR) is 67.3 cm³/mol. The Hall–Kier alpha value is -2.00. The lowest BCUT2D eigenvalue weighted by atomic mass is 10.2. The van der Waals surface area contributed by atoms with Crippen LogP contribution in [-0.4, -0.2) is 11.4 Å². The second-order valence-corrected chi connectivity index (χ2v) is 3.81. The third-order valence-corrected chi connectivity index (χ3v) is 2.37. The number of benzene rings is 2. The molecule has 0 atom stereocenters. The summed E-state index contributed by atoms with van der Waals surface area (Å²) in [5.41, 5.74) is 0.763. The highest BCUT2D eigenvalue weighted by Gasteiger charge is 1.98. The molecular formula is C13H10ClNO2. The number of ether oxygens (including phenoxy) is 1. The van der Waals surface area contributed by atoms with Gasteiger partial charge in [-0.3, -0.25) is 0 Å². The summed E-state index contributed by atoms with van der Waals surface area (Å²) in [6.45, 7) is 0. The molecule has 0 bridgehead atoms. The highest BCUT2D eigenvalue weighted by Crippen LogP contribution is 2.23. The summed E-state index contributed by atoms with van der Waals surface area (Å²) in [6, 6.07) is 14.3. The summed E-state index contributed by atoms with van der Waals surface area (Å²) in [7, 11) is 0. The molecule has 17 heavy (non-hydrogen) atoms. The van der Waals surface area contributed by atoms with Gasteiger partial charge in [0.15, 0.2) is 0 Å². The number of halogens is 1. The van der Waals surface area contributed by atoms with Crippen LogP contribution in [0.2, 0.25) is 5.02 Å². The molecule has 0 heterocycles. The third-order valence-electron chi connectivity index (χ3n) is 2.11. The van der Waals surface area contributed by atoms with Gasteiger partial charge in [-0.1, -0.05) is 28.9 Å². The average molecular weight is 248 g/mol. The van der Waals surface area contributed by atoms with E-state index in [-0.39, 0.29) is 0 Å². The van der Waals surface area contributed by atoms with Crippen molar-refractivity contribution >= 4 is 17.8 Å². The Bertz CT molecular complexity index is 523. The zero-order valence-electron chi connectivity index (χ0n) is 8.88. The average Bonchev–Trinajstić information content (AvgIpc) is 2.33. The lowest BCUT2D eigenvalue weighted by Gasteiger charge is -2.05. The maximum absolute atomic E-state index is 8.44. The second-order valence-electron chi connectivity index (χ2n) is 3.37. The van der Waals surface area contributed by atoms with Crippen LogP contribution in [-0.2, 0) is 0 Å². The molecule has 0 saturated heterocycles. The van der Waals surface area contributed by atoms with E-state index in [4.69, 9.17) is 21.5 Å². The molecule has 0 amide bonds. The van der Waals surface area contributed by atoms with Gasteiger partial charge in [-0.15, -0.1) is 0 Å². The number of oxime groups is 1. The van der Waals surface area contributed by atoms with Crippen LogP contribution in [0.3, 0.4) is 0 Å². The first-order valence-electron chi connectivity index (χ1n) is 4.99. The van der Waals surface area contributed by atoms with Crippen molar-refractivity contribution in [3.05, 3.63) is 59.1 Å². The summed E-state index contributed by atoms with van der Waals surface area (Å²) in [5, 5.41) is 12.1. The van der Waals surface area contributed by atoms with Gasteiger partial charge in [0, 0.05) is 5.02 Å². The first-order chi connectivity index (χ1) is 8.28. The highest BCUT2D eigenvalue weighted by molar-refractivity contribution is 6.30. The van der Waals surface area contributed by atoms with Crippen molar-refractivity contribution in [2.24, 2.45) is 5.16 Å². The van der Waals surface area contributed by atoms with E-state index in [0.717, 1.165) is 5.56 Å². The predicted octanol–water partition coefficient (Wildman–Crippen LogP) is 3.94. The van der Waals surface area contributed by atoms with E-state index < -0.39 is 0 Å². The molecule has 1 N–H and O–H groups in total. The van der Waals surface area contributed by atoms with Gasteiger partial charge in [-0.05, 0) is 42.0 Å². The normalized spacial score (nSPS) is 10.6. The van der Waals surface area contributed by atoms with Gasteiger partial charge in [0.25, 0.3) is 0 Å². The summed E-state index contributed by atoms with van der Waals surface area (Å²) in [4.78, 5) is 0. The lowest BCUT2D eigenvalue weighted by molar-refractivity contribution is 0.322. The van der Waals surface area contributed by atoms with Crippen molar-refractivity contribution in [3.63, 3.8) is 0 Å². The quantitative estimate of drug-likeness (QED) is 0.507. The molecule has 2 aromatic carbocycles. The maximum Gasteiger partial charge on any atom is 0.128 e. The minimum absolute atomic E-state index is 0.665. The fraction of sp³-hybridized carbons (Fsp3) is 0. The van der Waals surface area contributed by atoms with Gasteiger partial charge in [0.1, 0.15) is 11.5 Å². The Balaban J connectivity index is 2.18. The first kappa shape index (κ1) is 11.5. The fourth-order valence-electron chi connectivity index (χ4n) is 1.36. The van der Waals surface area contributed by atoms with Crippen LogP contribution in [0.5, 0.6) is 11.5 Å². The van der Waals surface area contributed by atoms with Gasteiger partial charge < -0.3 is 9.94 Å². The molecule has 0 aromatic heterocycles. The molecule has 0 fully saturated rings.